The molecule has 2 aromatic carbocycles. The summed E-state index contributed by atoms with van der Waals surface area (Å²) >= 11 is 6.03. The summed E-state index contributed by atoms with van der Waals surface area (Å²) in [5.41, 5.74) is 2.19. The number of carbonyl (C=O) groups is 1. The number of ether oxygens (including phenoxy) is 1. The summed E-state index contributed by atoms with van der Waals surface area (Å²) in [5.74, 6) is 1.23. The smallest absolute Gasteiger partial charge is 0.249 e. The second-order valence-electron chi connectivity index (χ2n) is 6.21. The minimum Gasteiger partial charge on any atom is -0.495 e. The van der Waals surface area contributed by atoms with Crippen LogP contribution in [-0.2, 0) is 11.3 Å². The number of aryl methyl sites for hydroxylation is 1. The highest BCUT2D eigenvalue weighted by atomic mass is 35.5. The second-order valence-corrected chi connectivity index (χ2v) is 6.64. The number of para-hydroxylation sites is 1. The molecule has 0 aliphatic rings. The van der Waals surface area contributed by atoms with Crippen LogP contribution in [0.25, 0.3) is 22.4 Å². The van der Waals surface area contributed by atoms with E-state index in [1.165, 1.54) is 7.11 Å². The molecule has 0 unspecified atom stereocenters. The number of methoxy groups -OCH3 is 1. The Morgan fingerprint density at radius 3 is 2.82 bits per heavy atom. The van der Waals surface area contributed by atoms with Crippen molar-refractivity contribution in [2.24, 2.45) is 0 Å². The number of hydrogen-bond donors (Lipinski definition) is 1. The Morgan fingerprint density at radius 1 is 1.25 bits per heavy atom. The van der Waals surface area contributed by atoms with Crippen molar-refractivity contribution >= 4 is 34.1 Å². The minimum absolute atomic E-state index is 0.100. The van der Waals surface area contributed by atoms with E-state index in [2.05, 4.69) is 15.5 Å². The number of halogens is 1. The fraction of sp³-hybridized carbons (Fsp3) is 0.150. The Labute approximate surface area is 165 Å². The average molecular weight is 397 g/mol. The topological polar surface area (TPSA) is 82.2 Å². The first kappa shape index (κ1) is 18.1. The lowest BCUT2D eigenvalue weighted by molar-refractivity contribution is -0.116. The van der Waals surface area contributed by atoms with E-state index in [9.17, 15) is 4.79 Å². The van der Waals surface area contributed by atoms with Crippen LogP contribution >= 0.6 is 11.6 Å². The Balaban J connectivity index is 1.65. The Hall–Kier alpha value is -3.32. The van der Waals surface area contributed by atoms with Crippen LogP contribution in [-0.4, -0.2) is 27.8 Å². The van der Waals surface area contributed by atoms with Crippen molar-refractivity contribution in [1.29, 1.82) is 0 Å². The lowest BCUT2D eigenvalue weighted by Gasteiger charge is -2.11. The summed E-state index contributed by atoms with van der Waals surface area (Å²) in [4.78, 5) is 12.7. The maximum Gasteiger partial charge on any atom is 0.249 e. The van der Waals surface area contributed by atoms with Crippen molar-refractivity contribution in [2.75, 3.05) is 12.4 Å². The minimum atomic E-state index is -0.213. The van der Waals surface area contributed by atoms with E-state index in [4.69, 9.17) is 20.8 Å². The Bertz CT molecular complexity index is 1170. The number of anilines is 1. The van der Waals surface area contributed by atoms with Gasteiger partial charge >= 0.3 is 0 Å². The van der Waals surface area contributed by atoms with Gasteiger partial charge in [0.2, 0.25) is 17.7 Å². The Morgan fingerprint density at radius 2 is 2.07 bits per heavy atom. The van der Waals surface area contributed by atoms with E-state index in [1.54, 1.807) is 25.1 Å². The van der Waals surface area contributed by atoms with Crippen LogP contribution in [0, 0.1) is 6.92 Å². The van der Waals surface area contributed by atoms with Crippen molar-refractivity contribution in [3.05, 3.63) is 59.6 Å². The summed E-state index contributed by atoms with van der Waals surface area (Å²) in [7, 11) is 1.54. The first-order valence-electron chi connectivity index (χ1n) is 8.57. The fourth-order valence-corrected chi connectivity index (χ4v) is 3.25. The van der Waals surface area contributed by atoms with E-state index < -0.39 is 0 Å². The molecule has 8 heteroatoms. The first-order valence-corrected chi connectivity index (χ1v) is 8.94. The second kappa shape index (κ2) is 7.36. The lowest BCUT2D eigenvalue weighted by Crippen LogP contribution is -2.18. The van der Waals surface area contributed by atoms with Gasteiger partial charge in [0, 0.05) is 29.0 Å². The van der Waals surface area contributed by atoms with Crippen LogP contribution in [0.1, 0.15) is 5.89 Å². The molecule has 2 aromatic heterocycles. The van der Waals surface area contributed by atoms with Crippen molar-refractivity contribution in [3.63, 3.8) is 0 Å². The van der Waals surface area contributed by atoms with Gasteiger partial charge in [0.25, 0.3) is 0 Å². The fourth-order valence-electron chi connectivity index (χ4n) is 3.08. The maximum atomic E-state index is 12.7. The zero-order chi connectivity index (χ0) is 19.7. The molecule has 0 bridgehead atoms. The lowest BCUT2D eigenvalue weighted by atomic mass is 10.2. The highest BCUT2D eigenvalue weighted by Crippen LogP contribution is 2.30. The van der Waals surface area contributed by atoms with Gasteiger partial charge in [-0.05, 0) is 24.3 Å². The highest BCUT2D eigenvalue weighted by Gasteiger charge is 2.17. The predicted molar refractivity (Wildman–Crippen MR) is 107 cm³/mol. The van der Waals surface area contributed by atoms with E-state index in [1.807, 2.05) is 35.0 Å². The van der Waals surface area contributed by atoms with Gasteiger partial charge in [-0.3, -0.25) is 4.79 Å². The number of benzene rings is 2. The largest absolute Gasteiger partial charge is 0.495 e. The summed E-state index contributed by atoms with van der Waals surface area (Å²) in [6, 6.07) is 12.8. The van der Waals surface area contributed by atoms with Crippen LogP contribution in [0.3, 0.4) is 0 Å². The number of nitrogens with one attached hydrogen (secondary N) is 1. The van der Waals surface area contributed by atoms with E-state index in [-0.39, 0.29) is 12.5 Å². The zero-order valence-electron chi connectivity index (χ0n) is 15.3. The van der Waals surface area contributed by atoms with Crippen LogP contribution in [0.4, 0.5) is 5.69 Å². The molecular weight excluding hydrogens is 380 g/mol. The van der Waals surface area contributed by atoms with Gasteiger partial charge in [0.15, 0.2) is 0 Å². The molecule has 0 saturated heterocycles. The molecular formula is C20H17ClN4O3. The number of amides is 1. The standard InChI is InChI=1S/C20H17ClN4O3/c1-12-23-24-20(28-12)15-10-25(17-6-4-3-5-14(15)17)11-19(26)22-16-9-13(21)7-8-18(16)27-2/h3-10H,11H2,1-2H3,(H,22,26). The zero-order valence-corrected chi connectivity index (χ0v) is 16.0. The summed E-state index contributed by atoms with van der Waals surface area (Å²) in [6.07, 6.45) is 1.84. The summed E-state index contributed by atoms with van der Waals surface area (Å²) in [6.45, 7) is 1.84. The van der Waals surface area contributed by atoms with Crippen LogP contribution < -0.4 is 10.1 Å². The van der Waals surface area contributed by atoms with Crippen LogP contribution in [0.2, 0.25) is 5.02 Å². The number of hydrogen-bond acceptors (Lipinski definition) is 5. The van der Waals surface area contributed by atoms with Gasteiger partial charge in [-0.1, -0.05) is 29.8 Å². The molecule has 0 aliphatic carbocycles. The van der Waals surface area contributed by atoms with Gasteiger partial charge in [-0.25, -0.2) is 0 Å². The monoisotopic (exact) mass is 396 g/mol. The number of carbonyl (C=O) groups excluding carboxylic acids is 1. The maximum absolute atomic E-state index is 12.7. The SMILES string of the molecule is COc1ccc(Cl)cc1NC(=O)Cn1cc(-c2nnc(C)o2)c2ccccc21. The van der Waals surface area contributed by atoms with E-state index in [0.717, 1.165) is 16.5 Å². The van der Waals surface area contributed by atoms with Crippen LogP contribution in [0.5, 0.6) is 5.75 Å². The van der Waals surface area contributed by atoms with Crippen molar-refractivity contribution < 1.29 is 13.9 Å². The van der Waals surface area contributed by atoms with Gasteiger partial charge in [0.1, 0.15) is 12.3 Å². The molecule has 142 valence electrons. The number of nitrogens with zero attached hydrogens (tertiary/aromatic N) is 3. The molecule has 0 spiro atoms. The van der Waals surface area contributed by atoms with Crippen molar-refractivity contribution in [1.82, 2.24) is 14.8 Å². The summed E-state index contributed by atoms with van der Waals surface area (Å²) in [5, 5.41) is 12.3. The highest BCUT2D eigenvalue weighted by molar-refractivity contribution is 6.31. The molecule has 0 radical (unpaired) electrons. The molecule has 1 amide bonds. The van der Waals surface area contributed by atoms with Crippen molar-refractivity contribution in [3.8, 4) is 17.2 Å². The van der Waals surface area contributed by atoms with Gasteiger partial charge in [-0.15, -0.1) is 10.2 Å². The number of fused-ring (bicyclic) bond motifs is 1. The molecule has 4 aromatic rings. The predicted octanol–water partition coefficient (Wildman–Crippen LogP) is 4.30. The van der Waals surface area contributed by atoms with Gasteiger partial charge in [-0.2, -0.15) is 0 Å². The van der Waals surface area contributed by atoms with Crippen LogP contribution in [0.15, 0.2) is 53.1 Å². The Kier molecular flexibility index (Phi) is 4.75. The third kappa shape index (κ3) is 3.44. The molecule has 1 N–H and O–H groups in total. The van der Waals surface area contributed by atoms with Gasteiger partial charge in [0.05, 0.1) is 18.4 Å². The number of aromatic nitrogens is 3. The molecule has 2 heterocycles. The normalized spacial score (nSPS) is 11.0. The number of rotatable bonds is 5. The van der Waals surface area contributed by atoms with E-state index >= 15 is 0 Å². The molecule has 28 heavy (non-hydrogen) atoms. The molecule has 4 rings (SSSR count). The first-order chi connectivity index (χ1) is 13.5. The van der Waals surface area contributed by atoms with Gasteiger partial charge < -0.3 is 19.0 Å². The quantitative estimate of drug-likeness (QED) is 0.543. The summed E-state index contributed by atoms with van der Waals surface area (Å²) < 4.78 is 12.7. The van der Waals surface area contributed by atoms with E-state index in [0.29, 0.717) is 28.2 Å². The average Bonchev–Trinajstić information content (AvgIpc) is 3.26. The molecule has 0 aliphatic heterocycles. The third-order valence-corrected chi connectivity index (χ3v) is 4.53. The molecule has 7 nitrogen and oxygen atoms in total. The molecule has 0 atom stereocenters. The molecule has 0 fully saturated rings. The molecule has 0 saturated carbocycles. The van der Waals surface area contributed by atoms with Crippen molar-refractivity contribution in [2.45, 2.75) is 13.5 Å². The third-order valence-electron chi connectivity index (χ3n) is 4.29.